The highest BCUT2D eigenvalue weighted by Crippen LogP contribution is 2.44. The second-order valence-electron chi connectivity index (χ2n) is 7.19. The first-order valence-corrected chi connectivity index (χ1v) is 9.72. The van der Waals surface area contributed by atoms with Crippen LogP contribution in [0.1, 0.15) is 23.7 Å². The Kier molecular flexibility index (Phi) is 5.47. The number of phenols is 1. The Labute approximate surface area is 178 Å². The summed E-state index contributed by atoms with van der Waals surface area (Å²) in [6.07, 6.45) is -7.33. The number of hydrogen-bond acceptors (Lipinski definition) is 4. The number of aromatic nitrogens is 2. The third-order valence-electron chi connectivity index (χ3n) is 5.15. The largest absolute Gasteiger partial charge is 0.508 e. The smallest absolute Gasteiger partial charge is 0.419 e. The second kappa shape index (κ2) is 7.83. The van der Waals surface area contributed by atoms with Crippen LogP contribution in [0.3, 0.4) is 0 Å². The summed E-state index contributed by atoms with van der Waals surface area (Å²) < 4.78 is 72.0. The van der Waals surface area contributed by atoms with Gasteiger partial charge in [0.2, 0.25) is 5.95 Å². The molecule has 31 heavy (non-hydrogen) atoms. The molecule has 0 saturated heterocycles. The number of phenolic OH excluding ortho intramolecular Hbond substituents is 1. The molecule has 0 saturated carbocycles. The van der Waals surface area contributed by atoms with Crippen molar-refractivity contribution in [1.82, 2.24) is 9.55 Å². The summed E-state index contributed by atoms with van der Waals surface area (Å²) in [5.74, 6) is 0.414. The number of aryl methyl sites for hydroxylation is 2. The molecule has 1 aliphatic heterocycles. The van der Waals surface area contributed by atoms with Crippen molar-refractivity contribution in [3.63, 3.8) is 0 Å². The fraction of sp³-hybridized carbons (Fsp3) is 0.350. The number of hydrogen-bond donors (Lipinski definition) is 1. The van der Waals surface area contributed by atoms with E-state index in [0.29, 0.717) is 31.1 Å². The molecule has 1 atom stereocenters. The summed E-state index contributed by atoms with van der Waals surface area (Å²) in [5.41, 5.74) is 1.05. The van der Waals surface area contributed by atoms with Crippen LogP contribution in [-0.4, -0.2) is 34.0 Å². The van der Waals surface area contributed by atoms with Crippen molar-refractivity contribution in [2.45, 2.75) is 38.8 Å². The highest BCUT2D eigenvalue weighted by atomic mass is 35.5. The lowest BCUT2D eigenvalue weighted by molar-refractivity contribution is -0.276. The summed E-state index contributed by atoms with van der Waals surface area (Å²) in [6, 6.07) is 6.98. The average Bonchev–Trinajstić information content (AvgIpc) is 3.07. The molecule has 4 rings (SSSR count). The van der Waals surface area contributed by atoms with Gasteiger partial charge in [-0.15, -0.1) is 0 Å². The lowest BCUT2D eigenvalue weighted by atomic mass is 10.1. The monoisotopic (exact) mass is 461 g/mol. The minimum Gasteiger partial charge on any atom is -0.508 e. The Bertz CT molecular complexity index is 1130. The molecule has 1 unspecified atom stereocenters. The number of benzene rings is 2. The normalized spacial score (nSPS) is 15.5. The molecule has 0 fully saturated rings. The highest BCUT2D eigenvalue weighted by Gasteiger charge is 2.45. The Morgan fingerprint density at radius 3 is 2.55 bits per heavy atom. The van der Waals surface area contributed by atoms with Crippen LogP contribution in [0.25, 0.3) is 11.0 Å². The Hall–Kier alpha value is -2.59. The van der Waals surface area contributed by atoms with Crippen molar-refractivity contribution in [2.75, 3.05) is 11.4 Å². The molecular formula is C20H17ClF5N3O2. The fourth-order valence-electron chi connectivity index (χ4n) is 3.94. The zero-order valence-electron chi connectivity index (χ0n) is 16.1. The van der Waals surface area contributed by atoms with E-state index in [4.69, 9.17) is 11.6 Å². The van der Waals surface area contributed by atoms with Crippen LogP contribution in [-0.2, 0) is 11.3 Å². The molecule has 1 aliphatic rings. The number of fused-ring (bicyclic) bond motifs is 3. The van der Waals surface area contributed by atoms with Gasteiger partial charge < -0.3 is 19.3 Å². The van der Waals surface area contributed by atoms with Crippen molar-refractivity contribution in [3.8, 4) is 5.75 Å². The van der Waals surface area contributed by atoms with E-state index in [1.165, 1.54) is 12.1 Å². The van der Waals surface area contributed by atoms with Gasteiger partial charge in [-0.3, -0.25) is 0 Å². The van der Waals surface area contributed by atoms with Gasteiger partial charge in [0, 0.05) is 24.3 Å². The van der Waals surface area contributed by atoms with Crippen molar-refractivity contribution in [2.24, 2.45) is 0 Å². The van der Waals surface area contributed by atoms with Gasteiger partial charge in [0.05, 0.1) is 10.5 Å². The Morgan fingerprint density at radius 2 is 1.90 bits per heavy atom. The van der Waals surface area contributed by atoms with Gasteiger partial charge in [0.1, 0.15) is 11.3 Å². The minimum absolute atomic E-state index is 0.00612. The van der Waals surface area contributed by atoms with E-state index in [9.17, 15) is 27.1 Å². The highest BCUT2D eigenvalue weighted by molar-refractivity contribution is 6.35. The number of alkyl halides is 5. The summed E-state index contributed by atoms with van der Waals surface area (Å²) in [6.45, 7) is -0.979. The molecule has 0 spiro atoms. The number of halogens is 6. The van der Waals surface area contributed by atoms with Crippen LogP contribution >= 0.6 is 11.6 Å². The number of anilines is 2. The van der Waals surface area contributed by atoms with Crippen LogP contribution in [0.15, 0.2) is 30.3 Å². The molecular weight excluding hydrogens is 445 g/mol. The number of ether oxygens (including phenoxy) is 1. The van der Waals surface area contributed by atoms with E-state index in [0.717, 1.165) is 11.6 Å². The lowest BCUT2D eigenvalue weighted by Crippen LogP contribution is -2.29. The van der Waals surface area contributed by atoms with E-state index >= 15 is 0 Å². The van der Waals surface area contributed by atoms with Crippen LogP contribution in [0.4, 0.5) is 33.6 Å². The second-order valence-corrected chi connectivity index (χ2v) is 7.60. The molecule has 2 aromatic carbocycles. The van der Waals surface area contributed by atoms with Crippen molar-refractivity contribution >= 4 is 34.3 Å². The van der Waals surface area contributed by atoms with E-state index in [-0.39, 0.29) is 21.8 Å². The molecule has 166 valence electrons. The van der Waals surface area contributed by atoms with E-state index < -0.39 is 24.5 Å². The first kappa shape index (κ1) is 21.6. The third kappa shape index (κ3) is 3.89. The van der Waals surface area contributed by atoms with Crippen molar-refractivity contribution in [3.05, 3.63) is 46.5 Å². The van der Waals surface area contributed by atoms with Crippen LogP contribution in [0.5, 0.6) is 5.75 Å². The number of aromatic hydroxyl groups is 1. The molecule has 2 heterocycles. The fourth-order valence-corrected chi connectivity index (χ4v) is 4.13. The number of imidazole rings is 1. The van der Waals surface area contributed by atoms with E-state index in [1.54, 1.807) is 28.5 Å². The zero-order chi connectivity index (χ0) is 22.5. The summed E-state index contributed by atoms with van der Waals surface area (Å²) in [5, 5.41) is 9.79. The van der Waals surface area contributed by atoms with E-state index in [2.05, 4.69) is 9.72 Å². The molecule has 0 amide bonds. The quantitative estimate of drug-likeness (QED) is 0.478. The van der Waals surface area contributed by atoms with Gasteiger partial charge in [-0.1, -0.05) is 17.7 Å². The standard InChI is InChI=1S/C20H17ClF5N3O2/c1-10-9-11(30)3-6-14(10)28-7-2-8-29-16-12(17(20(24,25)26)31-18(22)23)4-5-13(21)15(16)27-19(28)29/h3-6,9,17-18,30H,2,7-8H2,1H3. The maximum Gasteiger partial charge on any atom is 0.419 e. The topological polar surface area (TPSA) is 50.5 Å². The first-order valence-electron chi connectivity index (χ1n) is 9.34. The molecule has 0 aliphatic carbocycles. The van der Waals surface area contributed by atoms with Gasteiger partial charge in [-0.05, 0) is 43.2 Å². The maximum atomic E-state index is 13.6. The van der Waals surface area contributed by atoms with Crippen LogP contribution < -0.4 is 4.90 Å². The predicted molar refractivity (Wildman–Crippen MR) is 105 cm³/mol. The summed E-state index contributed by atoms with van der Waals surface area (Å²) in [7, 11) is 0. The zero-order valence-corrected chi connectivity index (χ0v) is 16.9. The molecule has 11 heteroatoms. The lowest BCUT2D eigenvalue weighted by Gasteiger charge is -2.31. The van der Waals surface area contributed by atoms with Crippen LogP contribution in [0, 0.1) is 6.92 Å². The van der Waals surface area contributed by atoms with E-state index in [1.807, 2.05) is 0 Å². The van der Waals surface area contributed by atoms with Crippen LogP contribution in [0.2, 0.25) is 5.02 Å². The number of rotatable bonds is 4. The molecule has 1 aromatic heterocycles. The SMILES string of the molecule is Cc1cc(O)ccc1N1CCCn2c1nc1c(Cl)ccc(C(OC(F)F)C(F)(F)F)c12. The third-order valence-corrected chi connectivity index (χ3v) is 5.46. The first-order chi connectivity index (χ1) is 14.6. The number of nitrogens with zero attached hydrogens (tertiary/aromatic N) is 3. The van der Waals surface area contributed by atoms with Gasteiger partial charge in [-0.25, -0.2) is 4.98 Å². The molecule has 1 N–H and O–H groups in total. The Balaban J connectivity index is 1.94. The molecule has 3 aromatic rings. The summed E-state index contributed by atoms with van der Waals surface area (Å²) in [4.78, 5) is 6.26. The molecule has 0 radical (unpaired) electrons. The molecule has 0 bridgehead atoms. The Morgan fingerprint density at radius 1 is 1.16 bits per heavy atom. The maximum absolute atomic E-state index is 13.6. The van der Waals surface area contributed by atoms with Gasteiger partial charge in [0.15, 0.2) is 6.10 Å². The van der Waals surface area contributed by atoms with Gasteiger partial charge in [0.25, 0.3) is 0 Å². The summed E-state index contributed by atoms with van der Waals surface area (Å²) >= 11 is 6.22. The van der Waals surface area contributed by atoms with Crippen molar-refractivity contribution < 1.29 is 31.8 Å². The average molecular weight is 462 g/mol. The predicted octanol–water partition coefficient (Wildman–Crippen LogP) is 6.09. The molecule has 5 nitrogen and oxygen atoms in total. The van der Waals surface area contributed by atoms with Crippen molar-refractivity contribution in [1.29, 1.82) is 0 Å². The van der Waals surface area contributed by atoms with Gasteiger partial charge >= 0.3 is 12.8 Å². The van der Waals surface area contributed by atoms with Gasteiger partial charge in [-0.2, -0.15) is 22.0 Å². The minimum atomic E-state index is -5.07.